The van der Waals surface area contributed by atoms with Crippen molar-refractivity contribution in [2.45, 2.75) is 36.2 Å². The zero-order valence-electron chi connectivity index (χ0n) is 16.1. The lowest BCUT2D eigenvalue weighted by Gasteiger charge is -2.45. The number of pyridine rings is 1. The van der Waals surface area contributed by atoms with E-state index in [0.717, 1.165) is 5.75 Å². The molecule has 3 heterocycles. The Morgan fingerprint density at radius 2 is 1.71 bits per heavy atom. The van der Waals surface area contributed by atoms with Gasteiger partial charge in [0, 0.05) is 36.0 Å². The first-order chi connectivity index (χ1) is 14.1. The van der Waals surface area contributed by atoms with Crippen molar-refractivity contribution in [3.8, 4) is 0 Å². The fourth-order valence-corrected chi connectivity index (χ4v) is 4.45. The van der Waals surface area contributed by atoms with Crippen LogP contribution in [0, 0.1) is 0 Å². The number of carboxylic acids is 2. The van der Waals surface area contributed by atoms with Gasteiger partial charge in [0.25, 0.3) is 0 Å². The van der Waals surface area contributed by atoms with Crippen LogP contribution in [0.1, 0.15) is 12.0 Å². The van der Waals surface area contributed by atoms with E-state index in [9.17, 15) is 26.3 Å². The Labute approximate surface area is 177 Å². The fraction of sp³-hybridized carbons (Fsp3) is 0.588. The lowest BCUT2D eigenvalue weighted by atomic mass is 9.94. The van der Waals surface area contributed by atoms with Crippen molar-refractivity contribution in [1.82, 2.24) is 9.88 Å². The molecule has 2 fully saturated rings. The number of halogens is 6. The van der Waals surface area contributed by atoms with Gasteiger partial charge in [0.1, 0.15) is 0 Å². The minimum atomic E-state index is -5.08. The van der Waals surface area contributed by atoms with Crippen LogP contribution in [0.4, 0.5) is 26.3 Å². The first kappa shape index (κ1) is 27.0. The molecule has 0 aromatic carbocycles. The Morgan fingerprint density at radius 3 is 2.10 bits per heavy atom. The molecule has 31 heavy (non-hydrogen) atoms. The third kappa shape index (κ3) is 9.74. The van der Waals surface area contributed by atoms with Gasteiger partial charge in [-0.15, -0.1) is 11.8 Å². The van der Waals surface area contributed by atoms with Crippen LogP contribution >= 0.6 is 11.8 Å². The highest BCUT2D eigenvalue weighted by atomic mass is 32.2. The number of ether oxygens (including phenoxy) is 1. The predicted molar refractivity (Wildman–Crippen MR) is 97.5 cm³/mol. The summed E-state index contributed by atoms with van der Waals surface area (Å²) in [6.07, 6.45) is -4.85. The van der Waals surface area contributed by atoms with Crippen molar-refractivity contribution < 1.29 is 50.9 Å². The molecule has 2 aliphatic heterocycles. The topological polar surface area (TPSA) is 100.0 Å². The largest absolute Gasteiger partial charge is 0.490 e. The smallest absolute Gasteiger partial charge is 0.475 e. The second-order valence-corrected chi connectivity index (χ2v) is 8.26. The molecule has 1 aromatic rings. The van der Waals surface area contributed by atoms with Gasteiger partial charge >= 0.3 is 24.3 Å². The lowest BCUT2D eigenvalue weighted by Crippen LogP contribution is -2.56. The molecule has 0 aliphatic carbocycles. The highest BCUT2D eigenvalue weighted by molar-refractivity contribution is 8.01. The third-order valence-electron chi connectivity index (χ3n) is 3.98. The third-order valence-corrected chi connectivity index (χ3v) is 5.56. The standard InChI is InChI=1S/C13H18N2OS.2C2HF3O2/c1-15-9-13(10-15)5-12(8-17-13)16-7-11-3-2-4-14-6-11;2*3-2(4,5)1(6)7/h2-4,6,12H,5,7-10H2,1H3;2*(H,6,7). The summed E-state index contributed by atoms with van der Waals surface area (Å²) >= 11 is 2.10. The molecule has 1 atom stereocenters. The van der Waals surface area contributed by atoms with E-state index >= 15 is 0 Å². The van der Waals surface area contributed by atoms with Crippen molar-refractivity contribution in [2.75, 3.05) is 25.9 Å². The van der Waals surface area contributed by atoms with E-state index in [1.165, 1.54) is 25.1 Å². The van der Waals surface area contributed by atoms with Gasteiger partial charge in [0.15, 0.2) is 0 Å². The molecule has 1 unspecified atom stereocenters. The van der Waals surface area contributed by atoms with Gasteiger partial charge < -0.3 is 19.8 Å². The first-order valence-electron chi connectivity index (χ1n) is 8.58. The molecular weight excluding hydrogens is 458 g/mol. The van der Waals surface area contributed by atoms with Crippen molar-refractivity contribution in [1.29, 1.82) is 0 Å². The van der Waals surface area contributed by atoms with Crippen molar-refractivity contribution in [2.24, 2.45) is 0 Å². The number of hydrogen-bond acceptors (Lipinski definition) is 6. The molecular formula is C17H20F6N2O5S. The van der Waals surface area contributed by atoms with Crippen LogP contribution in [0.2, 0.25) is 0 Å². The van der Waals surface area contributed by atoms with Crippen molar-refractivity contribution in [3.63, 3.8) is 0 Å². The summed E-state index contributed by atoms with van der Waals surface area (Å²) in [7, 11) is 2.19. The van der Waals surface area contributed by atoms with Gasteiger partial charge in [-0.05, 0) is 25.1 Å². The van der Waals surface area contributed by atoms with E-state index in [1.807, 2.05) is 12.3 Å². The monoisotopic (exact) mass is 478 g/mol. The summed E-state index contributed by atoms with van der Waals surface area (Å²) < 4.78 is 70.0. The molecule has 1 aromatic heterocycles. The van der Waals surface area contributed by atoms with E-state index in [4.69, 9.17) is 24.5 Å². The molecule has 2 saturated heterocycles. The Hall–Kier alpha value is -2.06. The number of thioether (sulfide) groups is 1. The molecule has 0 radical (unpaired) electrons. The normalized spacial score (nSPS) is 20.0. The Kier molecular flexibility index (Phi) is 9.57. The van der Waals surface area contributed by atoms with Crippen molar-refractivity contribution in [3.05, 3.63) is 30.1 Å². The molecule has 1 spiro atoms. The Balaban J connectivity index is 0.000000288. The van der Waals surface area contributed by atoms with Crippen LogP contribution in [0.5, 0.6) is 0 Å². The number of carbonyl (C=O) groups is 2. The van der Waals surface area contributed by atoms with E-state index in [0.29, 0.717) is 17.5 Å². The van der Waals surface area contributed by atoms with Gasteiger partial charge in [-0.3, -0.25) is 4.98 Å². The average Bonchev–Trinajstić information content (AvgIpc) is 3.04. The number of carboxylic acid groups (broad SMARTS) is 2. The molecule has 0 amide bonds. The van der Waals surface area contributed by atoms with Crippen LogP contribution in [-0.2, 0) is 20.9 Å². The van der Waals surface area contributed by atoms with Crippen LogP contribution in [0.15, 0.2) is 24.5 Å². The maximum absolute atomic E-state index is 10.6. The summed E-state index contributed by atoms with van der Waals surface area (Å²) in [5, 5.41) is 14.2. The molecule has 2 N–H and O–H groups in total. The molecule has 176 valence electrons. The number of nitrogens with zero attached hydrogens (tertiary/aromatic N) is 2. The van der Waals surface area contributed by atoms with E-state index < -0.39 is 24.3 Å². The van der Waals surface area contributed by atoms with E-state index in [-0.39, 0.29) is 0 Å². The molecule has 0 bridgehead atoms. The molecule has 2 aliphatic rings. The maximum Gasteiger partial charge on any atom is 0.490 e. The summed E-state index contributed by atoms with van der Waals surface area (Å²) in [6, 6.07) is 4.03. The van der Waals surface area contributed by atoms with Crippen LogP contribution in [0.25, 0.3) is 0 Å². The predicted octanol–water partition coefficient (Wildman–Crippen LogP) is 3.05. The van der Waals surface area contributed by atoms with Gasteiger partial charge in [-0.1, -0.05) is 6.07 Å². The fourth-order valence-electron chi connectivity index (χ4n) is 2.77. The highest BCUT2D eigenvalue weighted by Crippen LogP contribution is 2.45. The lowest BCUT2D eigenvalue weighted by molar-refractivity contribution is -0.193. The number of likely N-dealkylation sites (tertiary alicyclic amines) is 1. The molecule has 3 rings (SSSR count). The molecule has 7 nitrogen and oxygen atoms in total. The minimum Gasteiger partial charge on any atom is -0.475 e. The zero-order valence-corrected chi connectivity index (χ0v) is 16.9. The van der Waals surface area contributed by atoms with Crippen LogP contribution in [-0.4, -0.2) is 81.1 Å². The number of aromatic nitrogens is 1. The zero-order chi connectivity index (χ0) is 23.9. The summed E-state index contributed by atoms with van der Waals surface area (Å²) in [6.45, 7) is 3.15. The van der Waals surface area contributed by atoms with Gasteiger partial charge in [-0.25, -0.2) is 9.59 Å². The summed E-state index contributed by atoms with van der Waals surface area (Å²) in [5.74, 6) is -4.37. The highest BCUT2D eigenvalue weighted by Gasteiger charge is 2.47. The minimum absolute atomic E-state index is 0.425. The SMILES string of the molecule is CN1CC2(CC(OCc3cccnc3)CS2)C1.O=C(O)C(F)(F)F.O=C(O)C(F)(F)F. The van der Waals surface area contributed by atoms with Crippen molar-refractivity contribution >= 4 is 23.7 Å². The van der Waals surface area contributed by atoms with E-state index in [2.05, 4.69) is 34.8 Å². The summed E-state index contributed by atoms with van der Waals surface area (Å²) in [5.41, 5.74) is 1.17. The average molecular weight is 478 g/mol. The number of aliphatic carboxylic acids is 2. The van der Waals surface area contributed by atoms with Crippen LogP contribution < -0.4 is 0 Å². The Morgan fingerprint density at radius 1 is 1.19 bits per heavy atom. The summed E-state index contributed by atoms with van der Waals surface area (Å²) in [4.78, 5) is 24.3. The Bertz CT molecular complexity index is 702. The quantitative estimate of drug-likeness (QED) is 0.640. The van der Waals surface area contributed by atoms with Gasteiger partial charge in [0.05, 0.1) is 12.7 Å². The second-order valence-electron chi connectivity index (χ2n) is 6.77. The van der Waals surface area contributed by atoms with Gasteiger partial charge in [-0.2, -0.15) is 26.3 Å². The van der Waals surface area contributed by atoms with Crippen LogP contribution in [0.3, 0.4) is 0 Å². The molecule has 14 heteroatoms. The maximum atomic E-state index is 10.6. The number of alkyl halides is 6. The second kappa shape index (κ2) is 11.0. The molecule has 0 saturated carbocycles. The number of hydrogen-bond donors (Lipinski definition) is 2. The van der Waals surface area contributed by atoms with Gasteiger partial charge in [0.2, 0.25) is 0 Å². The first-order valence-corrected chi connectivity index (χ1v) is 9.56. The number of rotatable bonds is 3. The van der Waals surface area contributed by atoms with E-state index in [1.54, 1.807) is 6.20 Å².